The lowest BCUT2D eigenvalue weighted by Crippen LogP contribution is -2.16. The number of esters is 1. The summed E-state index contributed by atoms with van der Waals surface area (Å²) in [6.07, 6.45) is 0.216. The van der Waals surface area contributed by atoms with Crippen molar-refractivity contribution in [3.63, 3.8) is 0 Å². The third-order valence-electron chi connectivity index (χ3n) is 1.84. The fourth-order valence-electron chi connectivity index (χ4n) is 1.10. The molecule has 0 aliphatic rings. The minimum Gasteiger partial charge on any atom is -0.467 e. The van der Waals surface area contributed by atoms with Gasteiger partial charge >= 0.3 is 12.0 Å². The molecule has 0 fully saturated rings. The Morgan fingerprint density at radius 2 is 2.06 bits per heavy atom. The summed E-state index contributed by atoms with van der Waals surface area (Å²) in [6, 6.07) is 0.122. The first-order valence-corrected chi connectivity index (χ1v) is 5.35. The lowest BCUT2D eigenvalue weighted by Gasteiger charge is -2.07. The van der Waals surface area contributed by atoms with Crippen LogP contribution in [0, 0.1) is 0 Å². The number of carbonyl (C=O) groups excluding carboxylic acids is 1. The highest BCUT2D eigenvalue weighted by Gasteiger charge is 2.06. The van der Waals surface area contributed by atoms with E-state index < -0.39 is 0 Å². The number of hydrogen-bond donors (Lipinski definition) is 3. The number of rotatable bonds is 7. The highest BCUT2D eigenvalue weighted by molar-refractivity contribution is 5.69. The normalized spacial score (nSPS) is 9.72. The lowest BCUT2D eigenvalue weighted by atomic mass is 10.4. The van der Waals surface area contributed by atoms with Crippen LogP contribution in [0.2, 0.25) is 0 Å². The third kappa shape index (κ3) is 4.37. The van der Waals surface area contributed by atoms with Gasteiger partial charge in [-0.3, -0.25) is 10.2 Å². The maximum absolute atomic E-state index is 11.1. The van der Waals surface area contributed by atoms with E-state index in [1.54, 1.807) is 6.92 Å². The van der Waals surface area contributed by atoms with Crippen molar-refractivity contribution in [2.45, 2.75) is 13.3 Å². The quantitative estimate of drug-likeness (QED) is 0.337. The molecule has 9 nitrogen and oxygen atoms in total. The second-order valence-corrected chi connectivity index (χ2v) is 3.10. The van der Waals surface area contributed by atoms with Gasteiger partial charge in [-0.25, -0.2) is 5.84 Å². The monoisotopic (exact) mass is 256 g/mol. The van der Waals surface area contributed by atoms with Crippen LogP contribution in [-0.4, -0.2) is 41.2 Å². The molecule has 0 aliphatic carbocycles. The van der Waals surface area contributed by atoms with Crippen LogP contribution in [0.4, 0.5) is 11.9 Å². The molecule has 0 atom stereocenters. The average molecular weight is 256 g/mol. The van der Waals surface area contributed by atoms with E-state index in [9.17, 15) is 4.79 Å². The van der Waals surface area contributed by atoms with Gasteiger partial charge in [0.25, 0.3) is 0 Å². The van der Waals surface area contributed by atoms with Crippen LogP contribution in [0.15, 0.2) is 0 Å². The molecule has 0 saturated heterocycles. The van der Waals surface area contributed by atoms with Gasteiger partial charge in [-0.15, -0.1) is 0 Å². The second kappa shape index (κ2) is 7.22. The van der Waals surface area contributed by atoms with E-state index in [1.165, 1.54) is 7.11 Å². The van der Waals surface area contributed by atoms with Gasteiger partial charge in [0.1, 0.15) is 0 Å². The zero-order chi connectivity index (χ0) is 13.4. The molecule has 1 rings (SSSR count). The SMILES string of the molecule is CCOC(=O)CCNc1nc(NN)nc(OC)n1. The van der Waals surface area contributed by atoms with E-state index in [1.807, 2.05) is 0 Å². The standard InChI is InChI=1S/C9H16N6O3/c1-3-18-6(16)4-5-11-7-12-8(15-10)14-9(13-7)17-2/h3-5,10H2,1-2H3,(H2,11,12,13,14,15). The fraction of sp³-hybridized carbons (Fsp3) is 0.556. The molecule has 0 aromatic carbocycles. The summed E-state index contributed by atoms with van der Waals surface area (Å²) in [5, 5.41) is 2.84. The summed E-state index contributed by atoms with van der Waals surface area (Å²) < 4.78 is 9.65. The number of hydrazine groups is 1. The summed E-state index contributed by atoms with van der Waals surface area (Å²) in [5.41, 5.74) is 2.29. The van der Waals surface area contributed by atoms with Gasteiger partial charge in [-0.2, -0.15) is 15.0 Å². The van der Waals surface area contributed by atoms with Crippen molar-refractivity contribution in [1.82, 2.24) is 15.0 Å². The number of methoxy groups -OCH3 is 1. The summed E-state index contributed by atoms with van der Waals surface area (Å²) >= 11 is 0. The number of nitrogens with one attached hydrogen (secondary N) is 2. The van der Waals surface area contributed by atoms with Gasteiger partial charge in [0.2, 0.25) is 11.9 Å². The highest BCUT2D eigenvalue weighted by atomic mass is 16.5. The predicted octanol–water partition coefficient (Wildman–Crippen LogP) is -0.469. The van der Waals surface area contributed by atoms with E-state index in [2.05, 4.69) is 25.7 Å². The molecule has 100 valence electrons. The summed E-state index contributed by atoms with van der Waals surface area (Å²) in [6.45, 7) is 2.46. The van der Waals surface area contributed by atoms with Crippen LogP contribution in [0.1, 0.15) is 13.3 Å². The summed E-state index contributed by atoms with van der Waals surface area (Å²) in [5.74, 6) is 5.34. The van der Waals surface area contributed by atoms with Gasteiger partial charge < -0.3 is 14.8 Å². The zero-order valence-electron chi connectivity index (χ0n) is 10.3. The van der Waals surface area contributed by atoms with Crippen LogP contribution in [0.5, 0.6) is 6.01 Å². The number of nitrogens with zero attached hydrogens (tertiary/aromatic N) is 3. The zero-order valence-corrected chi connectivity index (χ0v) is 10.3. The van der Waals surface area contributed by atoms with Crippen molar-refractivity contribution in [2.24, 2.45) is 5.84 Å². The van der Waals surface area contributed by atoms with E-state index in [4.69, 9.17) is 15.3 Å². The Morgan fingerprint density at radius 1 is 1.33 bits per heavy atom. The van der Waals surface area contributed by atoms with Crippen LogP contribution in [-0.2, 0) is 9.53 Å². The van der Waals surface area contributed by atoms with Crippen molar-refractivity contribution < 1.29 is 14.3 Å². The predicted molar refractivity (Wildman–Crippen MR) is 63.9 cm³/mol. The number of nitrogen functional groups attached to an aromatic ring is 1. The molecule has 1 aromatic rings. The van der Waals surface area contributed by atoms with Gasteiger partial charge in [-0.05, 0) is 6.92 Å². The fourth-order valence-corrected chi connectivity index (χ4v) is 1.10. The Kier molecular flexibility index (Phi) is 5.58. The van der Waals surface area contributed by atoms with Crippen molar-refractivity contribution >= 4 is 17.9 Å². The number of nitrogens with two attached hydrogens (primary N) is 1. The van der Waals surface area contributed by atoms with Gasteiger partial charge in [0.05, 0.1) is 20.1 Å². The van der Waals surface area contributed by atoms with Crippen molar-refractivity contribution in [1.29, 1.82) is 0 Å². The number of ether oxygens (including phenoxy) is 2. The van der Waals surface area contributed by atoms with E-state index in [-0.39, 0.29) is 30.3 Å². The van der Waals surface area contributed by atoms with Crippen molar-refractivity contribution in [3.8, 4) is 6.01 Å². The molecule has 9 heteroatoms. The minimum atomic E-state index is -0.289. The van der Waals surface area contributed by atoms with Crippen LogP contribution < -0.4 is 21.3 Å². The molecule has 1 heterocycles. The average Bonchev–Trinajstić information content (AvgIpc) is 2.38. The van der Waals surface area contributed by atoms with Crippen LogP contribution >= 0.6 is 0 Å². The Bertz CT molecular complexity index is 378. The Balaban J connectivity index is 2.53. The van der Waals surface area contributed by atoms with Crippen LogP contribution in [0.3, 0.4) is 0 Å². The third-order valence-corrected chi connectivity index (χ3v) is 1.84. The lowest BCUT2D eigenvalue weighted by molar-refractivity contribution is -0.142. The van der Waals surface area contributed by atoms with Crippen LogP contribution in [0.25, 0.3) is 0 Å². The smallest absolute Gasteiger partial charge is 0.322 e. The molecule has 0 unspecified atom stereocenters. The Morgan fingerprint density at radius 3 is 2.67 bits per heavy atom. The van der Waals surface area contributed by atoms with Gasteiger partial charge in [-0.1, -0.05) is 0 Å². The van der Waals surface area contributed by atoms with E-state index in [0.717, 1.165) is 0 Å². The first-order valence-electron chi connectivity index (χ1n) is 5.35. The number of anilines is 2. The molecule has 0 bridgehead atoms. The molecule has 0 saturated carbocycles. The Labute approximate surface area is 104 Å². The molecule has 18 heavy (non-hydrogen) atoms. The maximum atomic E-state index is 11.1. The second-order valence-electron chi connectivity index (χ2n) is 3.10. The Hall–Kier alpha value is -2.16. The first kappa shape index (κ1) is 13.9. The molecule has 4 N–H and O–H groups in total. The molecular formula is C9H16N6O3. The minimum absolute atomic E-state index is 0.122. The van der Waals surface area contributed by atoms with Gasteiger partial charge in [0.15, 0.2) is 0 Å². The van der Waals surface area contributed by atoms with Gasteiger partial charge in [0, 0.05) is 6.54 Å². The number of aromatic nitrogens is 3. The molecule has 0 amide bonds. The number of carbonyl (C=O) groups is 1. The molecule has 0 spiro atoms. The van der Waals surface area contributed by atoms with E-state index >= 15 is 0 Å². The molecular weight excluding hydrogens is 240 g/mol. The topological polar surface area (TPSA) is 124 Å². The number of hydrogen-bond acceptors (Lipinski definition) is 9. The van der Waals surface area contributed by atoms with Crippen molar-refractivity contribution in [2.75, 3.05) is 31.0 Å². The molecule has 0 aliphatic heterocycles. The summed E-state index contributed by atoms with van der Waals surface area (Å²) in [7, 11) is 1.43. The maximum Gasteiger partial charge on any atom is 0.322 e. The molecule has 1 aromatic heterocycles. The van der Waals surface area contributed by atoms with Crippen molar-refractivity contribution in [3.05, 3.63) is 0 Å². The van der Waals surface area contributed by atoms with E-state index in [0.29, 0.717) is 13.2 Å². The highest BCUT2D eigenvalue weighted by Crippen LogP contribution is 2.09. The molecule has 0 radical (unpaired) electrons. The first-order chi connectivity index (χ1) is 8.69. The summed E-state index contributed by atoms with van der Waals surface area (Å²) in [4.78, 5) is 22.8. The largest absolute Gasteiger partial charge is 0.467 e.